The van der Waals surface area contributed by atoms with Gasteiger partial charge in [-0.15, -0.1) is 0 Å². The van der Waals surface area contributed by atoms with Gasteiger partial charge in [0.05, 0.1) is 11.9 Å². The number of rotatable bonds is 4. The second kappa shape index (κ2) is 6.26. The Balaban J connectivity index is 1.70. The first-order chi connectivity index (χ1) is 10.8. The number of benzene rings is 1. The number of hydrazone groups is 1. The van der Waals surface area contributed by atoms with Crippen LogP contribution in [0.3, 0.4) is 0 Å². The second-order valence-electron chi connectivity index (χ2n) is 5.10. The quantitative estimate of drug-likeness (QED) is 0.446. The number of nitrogens with one attached hydrogen (secondary N) is 3. The molecule has 0 radical (unpaired) electrons. The summed E-state index contributed by atoms with van der Waals surface area (Å²) in [6, 6.07) is 13.2. The maximum absolute atomic E-state index is 12.3. The summed E-state index contributed by atoms with van der Waals surface area (Å²) in [5, 5.41) is 6.63. The summed E-state index contributed by atoms with van der Waals surface area (Å²) in [7, 11) is 0. The van der Waals surface area contributed by atoms with E-state index in [1.807, 2.05) is 42.5 Å². The first-order valence-electron chi connectivity index (χ1n) is 7.04. The molecule has 22 heavy (non-hydrogen) atoms. The highest BCUT2D eigenvalue weighted by molar-refractivity contribution is 6.03. The van der Waals surface area contributed by atoms with Gasteiger partial charge in [0, 0.05) is 18.7 Å². The third kappa shape index (κ3) is 2.90. The van der Waals surface area contributed by atoms with Gasteiger partial charge in [-0.2, -0.15) is 5.10 Å². The molecule has 2 amide bonds. The fourth-order valence-corrected chi connectivity index (χ4v) is 2.59. The number of carbonyl (C=O) groups excluding carboxylic acids is 2. The van der Waals surface area contributed by atoms with E-state index >= 15 is 0 Å². The predicted molar refractivity (Wildman–Crippen MR) is 82.2 cm³/mol. The van der Waals surface area contributed by atoms with E-state index in [-0.39, 0.29) is 11.8 Å². The van der Waals surface area contributed by atoms with Crippen LogP contribution in [0.5, 0.6) is 0 Å². The first kappa shape index (κ1) is 14.1. The molecule has 0 spiro atoms. The predicted octanol–water partition coefficient (Wildman–Crippen LogP) is 0.995. The number of nitrogens with zero attached hydrogens (tertiary/aromatic N) is 1. The zero-order valence-corrected chi connectivity index (χ0v) is 11.8. The second-order valence-corrected chi connectivity index (χ2v) is 5.10. The normalized spacial score (nSPS) is 21.0. The fourth-order valence-electron chi connectivity index (χ4n) is 2.59. The van der Waals surface area contributed by atoms with Crippen LogP contribution < -0.4 is 10.7 Å². The van der Waals surface area contributed by atoms with Crippen LogP contribution in [0.1, 0.15) is 17.2 Å². The number of hydrogen-bond acceptors (Lipinski definition) is 3. The van der Waals surface area contributed by atoms with E-state index < -0.39 is 11.8 Å². The molecule has 6 nitrogen and oxygen atoms in total. The molecule has 2 atom stereocenters. The summed E-state index contributed by atoms with van der Waals surface area (Å²) in [4.78, 5) is 27.2. The average Bonchev–Trinajstić information content (AvgIpc) is 3.17. The lowest BCUT2D eigenvalue weighted by Crippen LogP contribution is -2.34. The Morgan fingerprint density at radius 2 is 2.05 bits per heavy atom. The molecule has 0 saturated carbocycles. The SMILES string of the molecule is O=C1NC[C@@H](c2ccccc2)[C@H]1C(=O)N/N=C\c1ccc[nH]1. The minimum Gasteiger partial charge on any atom is -0.360 e. The average molecular weight is 296 g/mol. The minimum absolute atomic E-state index is 0.172. The zero-order valence-electron chi connectivity index (χ0n) is 11.8. The summed E-state index contributed by atoms with van der Waals surface area (Å²) < 4.78 is 0. The van der Waals surface area contributed by atoms with Crippen LogP contribution in [-0.2, 0) is 9.59 Å². The number of amides is 2. The molecule has 2 heterocycles. The number of H-pyrrole nitrogens is 1. The molecular formula is C16H16N4O2. The molecule has 1 aliphatic heterocycles. The van der Waals surface area contributed by atoms with Gasteiger partial charge in [-0.1, -0.05) is 30.3 Å². The van der Waals surface area contributed by atoms with Gasteiger partial charge in [-0.25, -0.2) is 5.43 Å². The molecule has 0 bridgehead atoms. The van der Waals surface area contributed by atoms with Crippen molar-refractivity contribution in [1.82, 2.24) is 15.7 Å². The molecular weight excluding hydrogens is 280 g/mol. The van der Waals surface area contributed by atoms with Crippen LogP contribution >= 0.6 is 0 Å². The lowest BCUT2D eigenvalue weighted by Gasteiger charge is -2.15. The topological polar surface area (TPSA) is 86.3 Å². The number of aromatic nitrogens is 1. The van der Waals surface area contributed by atoms with Crippen molar-refractivity contribution in [2.45, 2.75) is 5.92 Å². The van der Waals surface area contributed by atoms with Gasteiger partial charge in [0.25, 0.3) is 5.91 Å². The van der Waals surface area contributed by atoms with E-state index in [0.717, 1.165) is 11.3 Å². The summed E-state index contributed by atoms with van der Waals surface area (Å²) in [5.41, 5.74) is 4.18. The van der Waals surface area contributed by atoms with Gasteiger partial charge in [0.2, 0.25) is 5.91 Å². The number of carbonyl (C=O) groups is 2. The van der Waals surface area contributed by atoms with Crippen LogP contribution in [0.4, 0.5) is 0 Å². The Labute approximate surface area is 127 Å². The molecule has 1 aromatic carbocycles. The number of aromatic amines is 1. The highest BCUT2D eigenvalue weighted by atomic mass is 16.2. The highest BCUT2D eigenvalue weighted by Crippen LogP contribution is 2.28. The monoisotopic (exact) mass is 296 g/mol. The summed E-state index contributed by atoms with van der Waals surface area (Å²) in [5.74, 6) is -1.59. The van der Waals surface area contributed by atoms with Crippen LogP contribution in [0, 0.1) is 5.92 Å². The van der Waals surface area contributed by atoms with E-state index in [4.69, 9.17) is 0 Å². The van der Waals surface area contributed by atoms with Gasteiger partial charge in [-0.05, 0) is 17.7 Å². The van der Waals surface area contributed by atoms with Crippen molar-refractivity contribution in [3.63, 3.8) is 0 Å². The Morgan fingerprint density at radius 3 is 2.77 bits per heavy atom. The molecule has 1 aliphatic rings. The van der Waals surface area contributed by atoms with Crippen molar-refractivity contribution in [3.8, 4) is 0 Å². The van der Waals surface area contributed by atoms with E-state index in [9.17, 15) is 9.59 Å². The van der Waals surface area contributed by atoms with E-state index in [2.05, 4.69) is 20.8 Å². The molecule has 3 rings (SSSR count). The molecule has 1 saturated heterocycles. The van der Waals surface area contributed by atoms with E-state index in [1.165, 1.54) is 6.21 Å². The summed E-state index contributed by atoms with van der Waals surface area (Å²) in [6.45, 7) is 0.460. The molecule has 1 aromatic heterocycles. The maximum atomic E-state index is 12.3. The van der Waals surface area contributed by atoms with Gasteiger partial charge in [0.15, 0.2) is 0 Å². The lowest BCUT2D eigenvalue weighted by molar-refractivity contribution is -0.133. The Hall–Kier alpha value is -2.89. The molecule has 2 aromatic rings. The summed E-state index contributed by atoms with van der Waals surface area (Å²) >= 11 is 0. The Morgan fingerprint density at radius 1 is 1.23 bits per heavy atom. The Kier molecular flexibility index (Phi) is 4.00. The van der Waals surface area contributed by atoms with Crippen LogP contribution in [0.25, 0.3) is 0 Å². The maximum Gasteiger partial charge on any atom is 0.253 e. The third-order valence-corrected chi connectivity index (χ3v) is 3.69. The van der Waals surface area contributed by atoms with Crippen molar-refractivity contribution < 1.29 is 9.59 Å². The van der Waals surface area contributed by atoms with Crippen LogP contribution in [0.15, 0.2) is 53.8 Å². The molecule has 1 fully saturated rings. The van der Waals surface area contributed by atoms with Gasteiger partial charge < -0.3 is 10.3 Å². The molecule has 0 aliphatic carbocycles. The molecule has 0 unspecified atom stereocenters. The molecule has 112 valence electrons. The fraction of sp³-hybridized carbons (Fsp3) is 0.188. The summed E-state index contributed by atoms with van der Waals surface area (Å²) in [6.07, 6.45) is 3.27. The lowest BCUT2D eigenvalue weighted by atomic mass is 9.88. The van der Waals surface area contributed by atoms with Crippen molar-refractivity contribution in [2.24, 2.45) is 11.0 Å². The van der Waals surface area contributed by atoms with Gasteiger partial charge in [-0.3, -0.25) is 9.59 Å². The standard InChI is InChI=1S/C16H16N4O2/c21-15-14(13(10-18-15)11-5-2-1-3-6-11)16(22)20-19-9-12-7-4-8-17-12/h1-9,13-14,17H,10H2,(H,18,21)(H,20,22)/b19-9-/t13-,14+/m0/s1. The van der Waals surface area contributed by atoms with Crippen molar-refractivity contribution in [1.29, 1.82) is 0 Å². The first-order valence-corrected chi connectivity index (χ1v) is 7.04. The largest absolute Gasteiger partial charge is 0.360 e. The highest BCUT2D eigenvalue weighted by Gasteiger charge is 2.40. The van der Waals surface area contributed by atoms with Crippen LogP contribution in [-0.4, -0.2) is 29.6 Å². The van der Waals surface area contributed by atoms with Gasteiger partial charge >= 0.3 is 0 Å². The number of hydrogen-bond donors (Lipinski definition) is 3. The van der Waals surface area contributed by atoms with Gasteiger partial charge in [0.1, 0.15) is 5.92 Å². The Bertz CT molecular complexity index is 679. The molecule has 6 heteroatoms. The van der Waals surface area contributed by atoms with Crippen LogP contribution in [0.2, 0.25) is 0 Å². The van der Waals surface area contributed by atoms with Crippen molar-refractivity contribution in [2.75, 3.05) is 6.54 Å². The smallest absolute Gasteiger partial charge is 0.253 e. The third-order valence-electron chi connectivity index (χ3n) is 3.69. The van der Waals surface area contributed by atoms with Crippen molar-refractivity contribution in [3.05, 3.63) is 59.9 Å². The minimum atomic E-state index is -0.761. The van der Waals surface area contributed by atoms with E-state index in [1.54, 1.807) is 6.20 Å². The van der Waals surface area contributed by atoms with E-state index in [0.29, 0.717) is 6.54 Å². The van der Waals surface area contributed by atoms with Crippen molar-refractivity contribution >= 4 is 18.0 Å². The zero-order chi connectivity index (χ0) is 15.4. The molecule has 3 N–H and O–H groups in total.